The third-order valence-corrected chi connectivity index (χ3v) is 4.63. The summed E-state index contributed by atoms with van der Waals surface area (Å²) in [6.45, 7) is 15.9. The van der Waals surface area contributed by atoms with Gasteiger partial charge in [-0.25, -0.2) is 4.79 Å². The molecule has 29 heavy (non-hydrogen) atoms. The Morgan fingerprint density at radius 1 is 0.966 bits per heavy atom. The number of anilines is 1. The fourth-order valence-electron chi connectivity index (χ4n) is 3.02. The van der Waals surface area contributed by atoms with Crippen molar-refractivity contribution in [3.8, 4) is 0 Å². The summed E-state index contributed by atoms with van der Waals surface area (Å²) in [6, 6.07) is 6.71. The lowest BCUT2D eigenvalue weighted by Crippen LogP contribution is -2.50. The molecule has 0 aliphatic rings. The van der Waals surface area contributed by atoms with Crippen molar-refractivity contribution < 1.29 is 14.3 Å². The van der Waals surface area contributed by atoms with Gasteiger partial charge in [-0.05, 0) is 52.2 Å². The largest absolute Gasteiger partial charge is 0.459 e. The van der Waals surface area contributed by atoms with Gasteiger partial charge >= 0.3 is 5.97 Å². The number of hydrogen-bond acceptors (Lipinski definition) is 5. The Balaban J connectivity index is 0. The lowest BCUT2D eigenvalue weighted by Gasteiger charge is -2.32. The molecular weight excluding hydrogens is 413 g/mol. The van der Waals surface area contributed by atoms with E-state index in [2.05, 4.69) is 42.8 Å². The molecule has 1 aromatic rings. The van der Waals surface area contributed by atoms with Gasteiger partial charge in [0.15, 0.2) is 0 Å². The van der Waals surface area contributed by atoms with Crippen molar-refractivity contribution in [3.05, 3.63) is 29.8 Å². The highest BCUT2D eigenvalue weighted by Gasteiger charge is 2.27. The predicted molar refractivity (Wildman–Crippen MR) is 125 cm³/mol. The first-order valence-electron chi connectivity index (χ1n) is 9.94. The molecule has 1 rings (SSSR count). The van der Waals surface area contributed by atoms with Gasteiger partial charge in [0.05, 0.1) is 17.4 Å². The fraction of sp³-hybridized carbons (Fsp3) is 0.619. The van der Waals surface area contributed by atoms with Gasteiger partial charge in [-0.2, -0.15) is 0 Å². The van der Waals surface area contributed by atoms with E-state index >= 15 is 0 Å². The zero-order chi connectivity index (χ0) is 20.4. The number of esters is 1. The van der Waals surface area contributed by atoms with E-state index in [1.54, 1.807) is 38.1 Å². The monoisotopic (exact) mass is 449 g/mol. The molecule has 1 amide bonds. The molecule has 6 nitrogen and oxygen atoms in total. The van der Waals surface area contributed by atoms with Crippen molar-refractivity contribution in [1.82, 2.24) is 9.80 Å². The van der Waals surface area contributed by atoms with Crippen molar-refractivity contribution in [2.24, 2.45) is 0 Å². The summed E-state index contributed by atoms with van der Waals surface area (Å²) in [6.07, 6.45) is -0.215. The van der Waals surface area contributed by atoms with Crippen LogP contribution in [-0.2, 0) is 9.53 Å². The van der Waals surface area contributed by atoms with Crippen LogP contribution in [0, 0.1) is 0 Å². The summed E-state index contributed by atoms with van der Waals surface area (Å²) in [5.41, 5.74) is 0.866. The van der Waals surface area contributed by atoms with Gasteiger partial charge in [0.25, 0.3) is 0 Å². The number of carbonyl (C=O) groups is 2. The second kappa shape index (κ2) is 15.5. The molecule has 8 heteroatoms. The van der Waals surface area contributed by atoms with Crippen molar-refractivity contribution in [2.45, 2.75) is 53.7 Å². The number of nitrogens with one attached hydrogen (secondary N) is 1. The average Bonchev–Trinajstić information content (AvgIpc) is 2.65. The molecule has 0 aliphatic heterocycles. The molecule has 0 aliphatic carbocycles. The number of benzene rings is 1. The van der Waals surface area contributed by atoms with Gasteiger partial charge in [0.1, 0.15) is 6.04 Å². The first kappa shape index (κ1) is 29.9. The first-order chi connectivity index (χ1) is 12.9. The van der Waals surface area contributed by atoms with Crippen LogP contribution in [-0.4, -0.2) is 66.5 Å². The lowest BCUT2D eigenvalue weighted by molar-refractivity contribution is -0.121. The van der Waals surface area contributed by atoms with E-state index in [1.807, 2.05) is 0 Å². The molecule has 168 valence electrons. The van der Waals surface area contributed by atoms with E-state index in [4.69, 9.17) is 4.74 Å². The van der Waals surface area contributed by atoms with Crippen LogP contribution in [0.2, 0.25) is 0 Å². The van der Waals surface area contributed by atoms with E-state index in [0.29, 0.717) is 17.8 Å². The highest BCUT2D eigenvalue weighted by atomic mass is 35.5. The number of halogens is 2. The third-order valence-electron chi connectivity index (χ3n) is 4.63. The summed E-state index contributed by atoms with van der Waals surface area (Å²) in [5.74, 6) is -0.528. The molecular formula is C21H37Cl2N3O3. The SMILES string of the molecule is CCN(CC)CC(C(=O)Nc1ccccc1C(=O)OC(C)C)N(CC)CC.Cl.Cl. The number of para-hydroxylation sites is 1. The van der Waals surface area contributed by atoms with Gasteiger partial charge in [-0.15, -0.1) is 24.8 Å². The second-order valence-electron chi connectivity index (χ2n) is 6.71. The maximum atomic E-state index is 13.1. The summed E-state index contributed by atoms with van der Waals surface area (Å²) in [7, 11) is 0. The first-order valence-corrected chi connectivity index (χ1v) is 9.94. The molecule has 1 unspecified atom stereocenters. The van der Waals surface area contributed by atoms with Crippen LogP contribution in [0.15, 0.2) is 24.3 Å². The third kappa shape index (κ3) is 9.34. The normalized spacial score (nSPS) is 11.6. The Hall–Kier alpha value is -1.34. The maximum Gasteiger partial charge on any atom is 0.340 e. The Kier molecular flexibility index (Phi) is 16.0. The van der Waals surface area contributed by atoms with E-state index in [0.717, 1.165) is 26.2 Å². The Labute approximate surface area is 188 Å². The van der Waals surface area contributed by atoms with E-state index in [-0.39, 0.29) is 42.9 Å². The number of nitrogens with zero attached hydrogens (tertiary/aromatic N) is 2. The Morgan fingerprint density at radius 2 is 1.52 bits per heavy atom. The fourth-order valence-corrected chi connectivity index (χ4v) is 3.02. The minimum absolute atomic E-state index is 0. The Bertz CT molecular complexity index is 607. The quantitative estimate of drug-likeness (QED) is 0.515. The van der Waals surface area contributed by atoms with Crippen LogP contribution in [0.25, 0.3) is 0 Å². The number of amides is 1. The Morgan fingerprint density at radius 3 is 2.00 bits per heavy atom. The standard InChI is InChI=1S/C21H35N3O3.2ClH/c1-7-23(8-2)15-19(24(9-3)10-4)20(25)22-18-14-12-11-13-17(18)21(26)27-16(5)6;;/h11-14,16,19H,7-10,15H2,1-6H3,(H,22,25);2*1H. The molecule has 1 N–H and O–H groups in total. The zero-order valence-corrected chi connectivity index (χ0v) is 20.1. The highest BCUT2D eigenvalue weighted by molar-refractivity contribution is 6.02. The summed E-state index contributed by atoms with van der Waals surface area (Å²) in [4.78, 5) is 29.8. The van der Waals surface area contributed by atoms with Crippen molar-refractivity contribution in [3.63, 3.8) is 0 Å². The molecule has 1 atom stereocenters. The van der Waals surface area contributed by atoms with Crippen LogP contribution in [0.4, 0.5) is 5.69 Å². The van der Waals surface area contributed by atoms with Crippen LogP contribution in [0.5, 0.6) is 0 Å². The molecule has 0 saturated heterocycles. The minimum atomic E-state index is -0.427. The summed E-state index contributed by atoms with van der Waals surface area (Å²) in [5, 5.41) is 2.96. The zero-order valence-electron chi connectivity index (χ0n) is 18.4. The molecule has 0 heterocycles. The molecule has 0 saturated carbocycles. The number of hydrogen-bond donors (Lipinski definition) is 1. The maximum absolute atomic E-state index is 13.1. The number of likely N-dealkylation sites (N-methyl/N-ethyl adjacent to an activating group) is 2. The smallest absolute Gasteiger partial charge is 0.340 e. The summed E-state index contributed by atoms with van der Waals surface area (Å²) >= 11 is 0. The number of carbonyl (C=O) groups excluding carboxylic acids is 2. The van der Waals surface area contributed by atoms with Crippen molar-refractivity contribution in [1.29, 1.82) is 0 Å². The molecule has 1 aromatic carbocycles. The molecule has 0 aromatic heterocycles. The van der Waals surface area contributed by atoms with Crippen molar-refractivity contribution >= 4 is 42.4 Å². The van der Waals surface area contributed by atoms with Gasteiger partial charge in [0, 0.05) is 6.54 Å². The van der Waals surface area contributed by atoms with E-state index in [1.165, 1.54) is 0 Å². The van der Waals surface area contributed by atoms with Gasteiger partial charge in [-0.3, -0.25) is 9.69 Å². The van der Waals surface area contributed by atoms with Gasteiger partial charge < -0.3 is 15.0 Å². The number of rotatable bonds is 11. The topological polar surface area (TPSA) is 61.9 Å². The predicted octanol–water partition coefficient (Wildman–Crippen LogP) is 4.09. The molecule has 0 spiro atoms. The molecule has 0 bridgehead atoms. The van der Waals surface area contributed by atoms with E-state index < -0.39 is 5.97 Å². The van der Waals surface area contributed by atoms with Crippen LogP contribution >= 0.6 is 24.8 Å². The number of ether oxygens (including phenoxy) is 1. The van der Waals surface area contributed by atoms with Crippen LogP contribution in [0.1, 0.15) is 51.9 Å². The minimum Gasteiger partial charge on any atom is -0.459 e. The van der Waals surface area contributed by atoms with E-state index in [9.17, 15) is 9.59 Å². The lowest BCUT2D eigenvalue weighted by atomic mass is 10.1. The van der Waals surface area contributed by atoms with Gasteiger partial charge in [-0.1, -0.05) is 39.8 Å². The molecule has 0 radical (unpaired) electrons. The van der Waals surface area contributed by atoms with Gasteiger partial charge in [0.2, 0.25) is 5.91 Å². The van der Waals surface area contributed by atoms with Crippen molar-refractivity contribution in [2.75, 3.05) is 38.0 Å². The highest BCUT2D eigenvalue weighted by Crippen LogP contribution is 2.18. The average molecular weight is 450 g/mol. The van der Waals surface area contributed by atoms with Crippen LogP contribution < -0.4 is 5.32 Å². The van der Waals surface area contributed by atoms with Crippen LogP contribution in [0.3, 0.4) is 0 Å². The second-order valence-corrected chi connectivity index (χ2v) is 6.71. The summed E-state index contributed by atoms with van der Waals surface area (Å²) < 4.78 is 5.30. The molecule has 0 fully saturated rings.